The van der Waals surface area contributed by atoms with Gasteiger partial charge in [-0.05, 0) is 31.0 Å². The monoisotopic (exact) mass is 432 g/mol. The summed E-state index contributed by atoms with van der Waals surface area (Å²) in [4.78, 5) is 19.2. The highest BCUT2D eigenvalue weighted by Crippen LogP contribution is 2.29. The second-order valence-electron chi connectivity index (χ2n) is 9.42. The van der Waals surface area contributed by atoms with Crippen LogP contribution in [0.2, 0.25) is 0 Å². The SMILES string of the molecule is CC(C)(C)C(=O)N1CCC[C@H]1CCOc1ccc2ncc(-c3cc4ccccc4o3)n2n1. The molecule has 0 bridgehead atoms. The first-order chi connectivity index (χ1) is 15.4. The van der Waals surface area contributed by atoms with Crippen molar-refractivity contribution in [2.75, 3.05) is 13.2 Å². The van der Waals surface area contributed by atoms with Crippen LogP contribution in [-0.2, 0) is 4.79 Å². The van der Waals surface area contributed by atoms with E-state index >= 15 is 0 Å². The third-order valence-electron chi connectivity index (χ3n) is 6.00. The zero-order valence-corrected chi connectivity index (χ0v) is 18.7. The van der Waals surface area contributed by atoms with Crippen molar-refractivity contribution in [3.05, 3.63) is 48.7 Å². The normalized spacial score (nSPS) is 16.8. The number of furan rings is 1. The van der Waals surface area contributed by atoms with Gasteiger partial charge in [-0.15, -0.1) is 5.10 Å². The average molecular weight is 433 g/mol. The quantitative estimate of drug-likeness (QED) is 0.446. The maximum atomic E-state index is 12.7. The van der Waals surface area contributed by atoms with Crippen LogP contribution in [0.25, 0.3) is 28.1 Å². The van der Waals surface area contributed by atoms with Gasteiger partial charge in [0.1, 0.15) is 11.3 Å². The molecule has 0 spiro atoms. The fourth-order valence-corrected chi connectivity index (χ4v) is 4.34. The Balaban J connectivity index is 1.30. The number of hydrogen-bond acceptors (Lipinski definition) is 5. The van der Waals surface area contributed by atoms with E-state index < -0.39 is 0 Å². The summed E-state index contributed by atoms with van der Waals surface area (Å²) in [5, 5.41) is 5.67. The fraction of sp³-hybridized carbons (Fsp3) is 0.400. The highest BCUT2D eigenvalue weighted by atomic mass is 16.5. The topological polar surface area (TPSA) is 72.9 Å². The number of rotatable bonds is 5. The molecular formula is C25H28N4O3. The lowest BCUT2D eigenvalue weighted by atomic mass is 9.94. The molecule has 166 valence electrons. The number of fused-ring (bicyclic) bond motifs is 2. The summed E-state index contributed by atoms with van der Waals surface area (Å²) in [6.45, 7) is 7.27. The highest BCUT2D eigenvalue weighted by molar-refractivity contribution is 5.82. The molecule has 5 rings (SSSR count). The van der Waals surface area contributed by atoms with Gasteiger partial charge in [0.2, 0.25) is 11.8 Å². The van der Waals surface area contributed by atoms with Crippen molar-refractivity contribution < 1.29 is 13.9 Å². The molecule has 32 heavy (non-hydrogen) atoms. The summed E-state index contributed by atoms with van der Waals surface area (Å²) < 4.78 is 13.7. The second kappa shape index (κ2) is 7.97. The number of aromatic nitrogens is 3. The van der Waals surface area contributed by atoms with Gasteiger partial charge in [0.15, 0.2) is 11.4 Å². The Morgan fingerprint density at radius 3 is 2.88 bits per heavy atom. The van der Waals surface area contributed by atoms with E-state index in [1.54, 1.807) is 10.7 Å². The van der Waals surface area contributed by atoms with E-state index in [2.05, 4.69) is 10.1 Å². The number of hydrogen-bond donors (Lipinski definition) is 0. The zero-order chi connectivity index (χ0) is 22.3. The van der Waals surface area contributed by atoms with Crippen LogP contribution in [0.3, 0.4) is 0 Å². The van der Waals surface area contributed by atoms with E-state index in [4.69, 9.17) is 9.15 Å². The third-order valence-corrected chi connectivity index (χ3v) is 6.00. The highest BCUT2D eigenvalue weighted by Gasteiger charge is 2.34. The number of carbonyl (C=O) groups excluding carboxylic acids is 1. The third kappa shape index (κ3) is 3.83. The lowest BCUT2D eigenvalue weighted by molar-refractivity contribution is -0.140. The molecule has 1 saturated heterocycles. The molecule has 4 aromatic rings. The van der Waals surface area contributed by atoms with Crippen LogP contribution in [0.15, 0.2) is 53.1 Å². The molecule has 0 N–H and O–H groups in total. The summed E-state index contributed by atoms with van der Waals surface area (Å²) in [6.07, 6.45) is 4.63. The number of nitrogens with zero attached hydrogens (tertiary/aromatic N) is 4. The number of carbonyl (C=O) groups is 1. The van der Waals surface area contributed by atoms with Gasteiger partial charge in [0.05, 0.1) is 12.8 Å². The Hall–Kier alpha value is -3.35. The maximum Gasteiger partial charge on any atom is 0.231 e. The molecule has 0 radical (unpaired) electrons. The van der Waals surface area contributed by atoms with E-state index in [9.17, 15) is 4.79 Å². The van der Waals surface area contributed by atoms with Gasteiger partial charge < -0.3 is 14.1 Å². The lowest BCUT2D eigenvalue weighted by Crippen LogP contribution is -2.42. The predicted molar refractivity (Wildman–Crippen MR) is 122 cm³/mol. The average Bonchev–Trinajstić information content (AvgIpc) is 3.49. The van der Waals surface area contributed by atoms with Gasteiger partial charge in [0, 0.05) is 35.9 Å². The molecule has 7 heteroatoms. The first kappa shape index (κ1) is 20.5. The number of likely N-dealkylation sites (tertiary alicyclic amines) is 1. The first-order valence-corrected chi connectivity index (χ1v) is 11.2. The molecule has 4 heterocycles. The predicted octanol–water partition coefficient (Wildman–Crippen LogP) is 4.95. The van der Waals surface area contributed by atoms with E-state index in [-0.39, 0.29) is 17.4 Å². The number of para-hydroxylation sites is 1. The fourth-order valence-electron chi connectivity index (χ4n) is 4.34. The minimum atomic E-state index is -0.357. The van der Waals surface area contributed by atoms with Gasteiger partial charge in [-0.1, -0.05) is 39.0 Å². The van der Waals surface area contributed by atoms with Crippen molar-refractivity contribution in [1.29, 1.82) is 0 Å². The van der Waals surface area contributed by atoms with Crippen LogP contribution in [-0.4, -0.2) is 44.6 Å². The Kier molecular flexibility index (Phi) is 5.12. The van der Waals surface area contributed by atoms with Crippen LogP contribution >= 0.6 is 0 Å². The lowest BCUT2D eigenvalue weighted by Gasteiger charge is -2.31. The van der Waals surface area contributed by atoms with Gasteiger partial charge in [0.25, 0.3) is 0 Å². The maximum absolute atomic E-state index is 12.7. The smallest absolute Gasteiger partial charge is 0.231 e. The summed E-state index contributed by atoms with van der Waals surface area (Å²) in [7, 11) is 0. The van der Waals surface area contributed by atoms with Gasteiger partial charge in [-0.2, -0.15) is 0 Å². The summed E-state index contributed by atoms with van der Waals surface area (Å²) >= 11 is 0. The van der Waals surface area contributed by atoms with Gasteiger partial charge >= 0.3 is 0 Å². The van der Waals surface area contributed by atoms with Crippen LogP contribution in [0, 0.1) is 5.41 Å². The largest absolute Gasteiger partial charge is 0.477 e. The standard InChI is InChI=1S/C25H28N4O3/c1-25(2,3)24(30)28-13-6-8-18(28)12-14-31-23-11-10-22-26-16-19(29(22)27-23)21-15-17-7-4-5-9-20(17)32-21/h4-5,7,9-11,15-16,18H,6,8,12-14H2,1-3H3/t18-/m0/s1. The first-order valence-electron chi connectivity index (χ1n) is 11.2. The Labute approximate surface area is 187 Å². The van der Waals surface area contributed by atoms with E-state index in [0.717, 1.165) is 48.1 Å². The Bertz CT molecular complexity index is 1230. The molecule has 3 aromatic heterocycles. The molecule has 0 unspecified atom stereocenters. The van der Waals surface area contributed by atoms with Crippen LogP contribution < -0.4 is 4.74 Å². The summed E-state index contributed by atoms with van der Waals surface area (Å²) in [6, 6.07) is 13.8. The van der Waals surface area contributed by atoms with Crippen LogP contribution in [0.4, 0.5) is 0 Å². The minimum absolute atomic E-state index is 0.216. The molecule has 1 atom stereocenters. The number of ether oxygens (including phenoxy) is 1. The molecule has 1 amide bonds. The van der Waals surface area contributed by atoms with E-state index in [0.29, 0.717) is 18.2 Å². The van der Waals surface area contributed by atoms with Crippen molar-refractivity contribution in [3.63, 3.8) is 0 Å². The molecule has 7 nitrogen and oxygen atoms in total. The molecule has 1 aromatic carbocycles. The summed E-state index contributed by atoms with van der Waals surface area (Å²) in [5.41, 5.74) is 1.98. The van der Waals surface area contributed by atoms with Crippen molar-refractivity contribution in [3.8, 4) is 17.3 Å². The van der Waals surface area contributed by atoms with E-state index in [1.165, 1.54) is 0 Å². The Morgan fingerprint density at radius 1 is 1.22 bits per heavy atom. The molecule has 1 aliphatic heterocycles. The van der Waals surface area contributed by atoms with Gasteiger partial charge in [-0.3, -0.25) is 4.79 Å². The second-order valence-corrected chi connectivity index (χ2v) is 9.42. The molecule has 0 saturated carbocycles. The van der Waals surface area contributed by atoms with Gasteiger partial charge in [-0.25, -0.2) is 9.50 Å². The molecule has 1 fully saturated rings. The number of imidazole rings is 1. The molecule has 0 aliphatic carbocycles. The molecule has 1 aliphatic rings. The van der Waals surface area contributed by atoms with Crippen molar-refractivity contribution in [2.45, 2.75) is 46.1 Å². The Morgan fingerprint density at radius 2 is 2.06 bits per heavy atom. The van der Waals surface area contributed by atoms with Crippen molar-refractivity contribution in [1.82, 2.24) is 19.5 Å². The van der Waals surface area contributed by atoms with E-state index in [1.807, 2.05) is 68.1 Å². The van der Waals surface area contributed by atoms with Crippen LogP contribution in [0.5, 0.6) is 5.88 Å². The number of benzene rings is 1. The summed E-state index contributed by atoms with van der Waals surface area (Å²) in [5.74, 6) is 1.46. The number of amides is 1. The van der Waals surface area contributed by atoms with Crippen LogP contribution in [0.1, 0.15) is 40.0 Å². The zero-order valence-electron chi connectivity index (χ0n) is 18.7. The van der Waals surface area contributed by atoms with Crippen molar-refractivity contribution >= 4 is 22.5 Å². The minimum Gasteiger partial charge on any atom is -0.477 e. The molecular weight excluding hydrogens is 404 g/mol. The van der Waals surface area contributed by atoms with Crippen molar-refractivity contribution in [2.24, 2.45) is 5.41 Å².